The van der Waals surface area contributed by atoms with Crippen molar-refractivity contribution in [1.29, 1.82) is 0 Å². The minimum atomic E-state index is -0.276. The Balaban J connectivity index is 1.56. The molecular formula is C18H14Cl3N5OS. The van der Waals surface area contributed by atoms with Crippen molar-refractivity contribution in [2.24, 2.45) is 12.1 Å². The van der Waals surface area contributed by atoms with Crippen LogP contribution < -0.4 is 5.43 Å². The van der Waals surface area contributed by atoms with Crippen molar-refractivity contribution < 1.29 is 4.79 Å². The van der Waals surface area contributed by atoms with Crippen molar-refractivity contribution in [3.8, 4) is 11.4 Å². The van der Waals surface area contributed by atoms with E-state index in [1.54, 1.807) is 30.3 Å². The van der Waals surface area contributed by atoms with Gasteiger partial charge in [-0.05, 0) is 36.4 Å². The second-order valence-corrected chi connectivity index (χ2v) is 7.84. The fourth-order valence-electron chi connectivity index (χ4n) is 2.23. The molecule has 28 heavy (non-hydrogen) atoms. The Labute approximate surface area is 180 Å². The average molecular weight is 455 g/mol. The van der Waals surface area contributed by atoms with Crippen LogP contribution in [-0.2, 0) is 11.8 Å². The van der Waals surface area contributed by atoms with Gasteiger partial charge in [0.25, 0.3) is 5.91 Å². The van der Waals surface area contributed by atoms with Crippen LogP contribution in [0.15, 0.2) is 52.7 Å². The number of hydrazone groups is 1. The Hall–Kier alpha value is -2.06. The predicted molar refractivity (Wildman–Crippen MR) is 114 cm³/mol. The molecule has 0 aliphatic carbocycles. The van der Waals surface area contributed by atoms with Crippen LogP contribution in [0, 0.1) is 0 Å². The number of aromatic nitrogens is 3. The van der Waals surface area contributed by atoms with Crippen LogP contribution in [0.4, 0.5) is 0 Å². The molecule has 0 atom stereocenters. The lowest BCUT2D eigenvalue weighted by molar-refractivity contribution is -0.118. The lowest BCUT2D eigenvalue weighted by Crippen LogP contribution is -2.20. The SMILES string of the molecule is Cn1c(SCC(=O)NN=Cc2ccc(Cl)cc2Cl)nnc1-c1ccc(Cl)cc1. The fourth-order valence-corrected chi connectivity index (χ4v) is 3.52. The van der Waals surface area contributed by atoms with Gasteiger partial charge >= 0.3 is 0 Å². The first-order valence-electron chi connectivity index (χ1n) is 7.99. The number of halogens is 3. The van der Waals surface area contributed by atoms with Crippen LogP contribution in [0.1, 0.15) is 5.56 Å². The van der Waals surface area contributed by atoms with Gasteiger partial charge in [0, 0.05) is 28.2 Å². The van der Waals surface area contributed by atoms with E-state index in [4.69, 9.17) is 34.8 Å². The van der Waals surface area contributed by atoms with E-state index >= 15 is 0 Å². The largest absolute Gasteiger partial charge is 0.305 e. The van der Waals surface area contributed by atoms with Gasteiger partial charge in [-0.1, -0.05) is 52.6 Å². The van der Waals surface area contributed by atoms with Gasteiger partial charge in [-0.2, -0.15) is 5.10 Å². The first-order chi connectivity index (χ1) is 13.4. The van der Waals surface area contributed by atoms with E-state index in [9.17, 15) is 4.79 Å². The Morgan fingerprint density at radius 2 is 1.86 bits per heavy atom. The third-order valence-electron chi connectivity index (χ3n) is 3.63. The molecule has 3 rings (SSSR count). The number of carbonyl (C=O) groups excluding carboxylic acids is 1. The maximum absolute atomic E-state index is 12.0. The normalized spacial score (nSPS) is 11.1. The summed E-state index contributed by atoms with van der Waals surface area (Å²) in [6, 6.07) is 12.3. The molecule has 0 aliphatic heterocycles. The zero-order chi connectivity index (χ0) is 20.1. The lowest BCUT2D eigenvalue weighted by atomic mass is 10.2. The maximum atomic E-state index is 12.0. The monoisotopic (exact) mass is 453 g/mol. The molecule has 0 unspecified atom stereocenters. The van der Waals surface area contributed by atoms with E-state index in [0.717, 1.165) is 5.56 Å². The van der Waals surface area contributed by atoms with Gasteiger partial charge in [0.05, 0.1) is 17.0 Å². The van der Waals surface area contributed by atoms with Crippen molar-refractivity contribution >= 4 is 58.7 Å². The molecule has 0 spiro atoms. The Kier molecular flexibility index (Phi) is 6.96. The van der Waals surface area contributed by atoms with Crippen molar-refractivity contribution in [3.05, 3.63) is 63.1 Å². The molecule has 3 aromatic rings. The van der Waals surface area contributed by atoms with Crippen molar-refractivity contribution in [2.45, 2.75) is 5.16 Å². The quantitative estimate of drug-likeness (QED) is 0.333. The Morgan fingerprint density at radius 3 is 2.57 bits per heavy atom. The highest BCUT2D eigenvalue weighted by Gasteiger charge is 2.12. The third kappa shape index (κ3) is 5.26. The van der Waals surface area contributed by atoms with Crippen LogP contribution >= 0.6 is 46.6 Å². The summed E-state index contributed by atoms with van der Waals surface area (Å²) in [7, 11) is 1.84. The summed E-state index contributed by atoms with van der Waals surface area (Å²) in [6.45, 7) is 0. The first kappa shape index (κ1) is 20.7. The van der Waals surface area contributed by atoms with E-state index in [1.807, 2.05) is 23.7 Å². The molecule has 0 bridgehead atoms. The molecule has 1 heterocycles. The number of rotatable bonds is 6. The summed E-state index contributed by atoms with van der Waals surface area (Å²) in [6.07, 6.45) is 1.46. The van der Waals surface area contributed by atoms with E-state index < -0.39 is 0 Å². The van der Waals surface area contributed by atoms with Crippen LogP contribution in [0.25, 0.3) is 11.4 Å². The topological polar surface area (TPSA) is 72.2 Å². The summed E-state index contributed by atoms with van der Waals surface area (Å²) in [5.41, 5.74) is 4.00. The highest BCUT2D eigenvalue weighted by Crippen LogP contribution is 2.24. The van der Waals surface area contributed by atoms with Gasteiger partial charge in [-0.15, -0.1) is 10.2 Å². The molecule has 1 amide bonds. The van der Waals surface area contributed by atoms with Gasteiger partial charge < -0.3 is 4.57 Å². The standard InChI is InChI=1S/C18H14Cl3N5OS/c1-26-17(11-2-5-13(19)6-3-11)24-25-18(26)28-10-16(27)23-22-9-12-4-7-14(20)8-15(12)21/h2-9H,10H2,1H3,(H,23,27). The third-order valence-corrected chi connectivity index (χ3v) is 5.46. The number of carbonyl (C=O) groups is 1. The number of benzene rings is 2. The summed E-state index contributed by atoms with van der Waals surface area (Å²) < 4.78 is 1.82. The Bertz CT molecular complexity index is 1020. The smallest absolute Gasteiger partial charge is 0.250 e. The summed E-state index contributed by atoms with van der Waals surface area (Å²) in [5.74, 6) is 0.551. The van der Waals surface area contributed by atoms with Crippen LogP contribution in [-0.4, -0.2) is 32.6 Å². The molecule has 0 radical (unpaired) electrons. The second-order valence-electron chi connectivity index (χ2n) is 5.62. The summed E-state index contributed by atoms with van der Waals surface area (Å²) in [4.78, 5) is 12.0. The fraction of sp³-hybridized carbons (Fsp3) is 0.111. The minimum Gasteiger partial charge on any atom is -0.305 e. The molecule has 2 aromatic carbocycles. The van der Waals surface area contributed by atoms with Crippen LogP contribution in [0.3, 0.4) is 0 Å². The number of amides is 1. The molecule has 0 aliphatic rings. The highest BCUT2D eigenvalue weighted by atomic mass is 35.5. The van der Waals surface area contributed by atoms with Crippen molar-refractivity contribution in [3.63, 3.8) is 0 Å². The molecule has 1 N–H and O–H groups in total. The molecule has 144 valence electrons. The predicted octanol–water partition coefficient (Wildman–Crippen LogP) is 4.68. The van der Waals surface area contributed by atoms with E-state index in [2.05, 4.69) is 20.7 Å². The Morgan fingerprint density at radius 1 is 1.14 bits per heavy atom. The number of hydrogen-bond acceptors (Lipinski definition) is 5. The molecule has 1 aromatic heterocycles. The summed E-state index contributed by atoms with van der Waals surface area (Å²) >= 11 is 19.1. The highest BCUT2D eigenvalue weighted by molar-refractivity contribution is 7.99. The zero-order valence-electron chi connectivity index (χ0n) is 14.6. The zero-order valence-corrected chi connectivity index (χ0v) is 17.6. The number of thioether (sulfide) groups is 1. The molecule has 0 fully saturated rings. The second kappa shape index (κ2) is 9.43. The van der Waals surface area contributed by atoms with Crippen LogP contribution in [0.2, 0.25) is 15.1 Å². The number of hydrogen-bond donors (Lipinski definition) is 1. The van der Waals surface area contributed by atoms with Crippen molar-refractivity contribution in [2.75, 3.05) is 5.75 Å². The maximum Gasteiger partial charge on any atom is 0.250 e. The molecular weight excluding hydrogens is 441 g/mol. The van der Waals surface area contributed by atoms with Gasteiger partial charge in [-0.25, -0.2) is 5.43 Å². The molecule has 0 saturated heterocycles. The van der Waals surface area contributed by atoms with E-state index in [-0.39, 0.29) is 11.7 Å². The first-order valence-corrected chi connectivity index (χ1v) is 10.1. The van der Waals surface area contributed by atoms with E-state index in [0.29, 0.717) is 31.6 Å². The minimum absolute atomic E-state index is 0.137. The number of nitrogens with one attached hydrogen (secondary N) is 1. The molecule has 10 heteroatoms. The lowest BCUT2D eigenvalue weighted by Gasteiger charge is -2.04. The van der Waals surface area contributed by atoms with Gasteiger partial charge in [0.2, 0.25) is 0 Å². The van der Waals surface area contributed by atoms with Crippen LogP contribution in [0.5, 0.6) is 0 Å². The molecule has 6 nitrogen and oxygen atoms in total. The van der Waals surface area contributed by atoms with Gasteiger partial charge in [0.1, 0.15) is 0 Å². The average Bonchev–Trinajstić information content (AvgIpc) is 3.03. The van der Waals surface area contributed by atoms with E-state index in [1.165, 1.54) is 18.0 Å². The molecule has 0 saturated carbocycles. The number of nitrogens with zero attached hydrogens (tertiary/aromatic N) is 4. The van der Waals surface area contributed by atoms with Gasteiger partial charge in [0.15, 0.2) is 11.0 Å². The van der Waals surface area contributed by atoms with Gasteiger partial charge in [-0.3, -0.25) is 4.79 Å². The van der Waals surface area contributed by atoms with Crippen molar-refractivity contribution in [1.82, 2.24) is 20.2 Å². The summed E-state index contributed by atoms with van der Waals surface area (Å²) in [5, 5.41) is 14.5.